The zero-order chi connectivity index (χ0) is 41.2. The second-order valence-corrected chi connectivity index (χ2v) is 15.0. The lowest BCUT2D eigenvalue weighted by Gasteiger charge is -2.22. The fraction of sp³-hybridized carbons (Fsp3) is 0.255. The first kappa shape index (κ1) is 40.9. The molecule has 0 radical (unpaired) electrons. The molecular weight excluding hydrogens is 737 g/mol. The standard InChI is InChI=1S/C47H46N2O9/c1-47(2,3)58-46(54)49-40(43(51)55-4)26-30-18-22-33(23-19-30)42(50)34-24-20-31(21-25-34)27-41(44(52)56-28-32-12-6-5-7-13-32)48-45(53)57-29-39-37-16-10-8-14-35(37)36-15-9-11-17-38(36)39/h5-25,39-41H,26-29H2,1-4H3,(H,48,53)(H,49,54)/t40-,41-/m0/s1. The molecule has 0 spiro atoms. The van der Waals surface area contributed by atoms with E-state index in [1.165, 1.54) is 7.11 Å². The predicted octanol–water partition coefficient (Wildman–Crippen LogP) is 7.72. The van der Waals surface area contributed by atoms with Gasteiger partial charge in [-0.15, -0.1) is 0 Å². The highest BCUT2D eigenvalue weighted by atomic mass is 16.6. The summed E-state index contributed by atoms with van der Waals surface area (Å²) in [6.07, 6.45) is -1.30. The van der Waals surface area contributed by atoms with Gasteiger partial charge in [-0.1, -0.05) is 127 Å². The van der Waals surface area contributed by atoms with E-state index in [0.29, 0.717) is 22.3 Å². The lowest BCUT2D eigenvalue weighted by Crippen LogP contribution is -2.45. The minimum Gasteiger partial charge on any atom is -0.467 e. The summed E-state index contributed by atoms with van der Waals surface area (Å²) in [5, 5.41) is 5.27. The number of esters is 2. The number of hydrogen-bond donors (Lipinski definition) is 2. The van der Waals surface area contributed by atoms with Crippen molar-refractivity contribution in [1.29, 1.82) is 0 Å². The number of carbonyl (C=O) groups excluding carboxylic acids is 5. The topological polar surface area (TPSA) is 146 Å². The van der Waals surface area contributed by atoms with Crippen LogP contribution in [-0.2, 0) is 48.0 Å². The molecule has 11 nitrogen and oxygen atoms in total. The van der Waals surface area contributed by atoms with Gasteiger partial charge in [-0.05, 0) is 59.7 Å². The number of ether oxygens (including phenoxy) is 4. The van der Waals surface area contributed by atoms with Crippen molar-refractivity contribution >= 4 is 29.9 Å². The first-order chi connectivity index (χ1) is 27.9. The molecule has 0 aromatic heterocycles. The molecule has 0 heterocycles. The van der Waals surface area contributed by atoms with Crippen LogP contribution in [0.15, 0.2) is 127 Å². The van der Waals surface area contributed by atoms with Crippen LogP contribution < -0.4 is 10.6 Å². The third-order valence-corrected chi connectivity index (χ3v) is 9.63. The minimum absolute atomic E-state index is 0.0262. The van der Waals surface area contributed by atoms with E-state index in [0.717, 1.165) is 27.8 Å². The molecule has 0 aliphatic heterocycles. The van der Waals surface area contributed by atoms with Crippen molar-refractivity contribution in [3.8, 4) is 11.1 Å². The van der Waals surface area contributed by atoms with E-state index in [9.17, 15) is 24.0 Å². The Bertz CT molecular complexity index is 2200. The number of nitrogens with one attached hydrogen (secondary N) is 2. The molecule has 0 saturated heterocycles. The quantitative estimate of drug-likeness (QED) is 0.0657. The van der Waals surface area contributed by atoms with Crippen LogP contribution >= 0.6 is 0 Å². The van der Waals surface area contributed by atoms with Gasteiger partial charge in [0.1, 0.15) is 30.9 Å². The van der Waals surface area contributed by atoms with Gasteiger partial charge in [0.05, 0.1) is 7.11 Å². The van der Waals surface area contributed by atoms with E-state index in [4.69, 9.17) is 18.9 Å². The molecule has 6 rings (SSSR count). The molecule has 5 aromatic carbocycles. The molecule has 0 fully saturated rings. The van der Waals surface area contributed by atoms with Crippen molar-refractivity contribution in [3.63, 3.8) is 0 Å². The highest BCUT2D eigenvalue weighted by molar-refractivity contribution is 6.09. The Morgan fingerprint density at radius 2 is 1.05 bits per heavy atom. The normalized spacial score (nSPS) is 12.9. The molecule has 2 N–H and O–H groups in total. The molecule has 2 amide bonds. The van der Waals surface area contributed by atoms with E-state index in [-0.39, 0.29) is 37.8 Å². The zero-order valence-corrected chi connectivity index (χ0v) is 32.9. The van der Waals surface area contributed by atoms with E-state index in [1.54, 1.807) is 69.3 Å². The molecule has 0 saturated carbocycles. The highest BCUT2D eigenvalue weighted by Gasteiger charge is 2.31. The van der Waals surface area contributed by atoms with Gasteiger partial charge in [0.25, 0.3) is 0 Å². The van der Waals surface area contributed by atoms with E-state index in [1.807, 2.05) is 66.7 Å². The van der Waals surface area contributed by atoms with Crippen molar-refractivity contribution in [2.45, 2.75) is 63.8 Å². The third-order valence-electron chi connectivity index (χ3n) is 9.63. The Morgan fingerprint density at radius 3 is 1.57 bits per heavy atom. The second-order valence-electron chi connectivity index (χ2n) is 15.0. The van der Waals surface area contributed by atoms with E-state index < -0.39 is 41.8 Å². The molecule has 11 heteroatoms. The smallest absolute Gasteiger partial charge is 0.408 e. The Balaban J connectivity index is 1.10. The highest BCUT2D eigenvalue weighted by Crippen LogP contribution is 2.44. The van der Waals surface area contributed by atoms with Gasteiger partial charge >= 0.3 is 24.1 Å². The van der Waals surface area contributed by atoms with Crippen LogP contribution in [0.25, 0.3) is 11.1 Å². The van der Waals surface area contributed by atoms with Crippen molar-refractivity contribution < 1.29 is 42.9 Å². The van der Waals surface area contributed by atoms with Gasteiger partial charge < -0.3 is 29.6 Å². The first-order valence-electron chi connectivity index (χ1n) is 19.0. The van der Waals surface area contributed by atoms with Crippen molar-refractivity contribution in [2.75, 3.05) is 13.7 Å². The predicted molar refractivity (Wildman–Crippen MR) is 217 cm³/mol. The van der Waals surface area contributed by atoms with Crippen LogP contribution in [0.2, 0.25) is 0 Å². The summed E-state index contributed by atoms with van der Waals surface area (Å²) in [7, 11) is 1.23. The zero-order valence-electron chi connectivity index (χ0n) is 32.9. The summed E-state index contributed by atoms with van der Waals surface area (Å²) in [6.45, 7) is 5.27. The SMILES string of the molecule is COC(=O)[C@H](Cc1ccc(C(=O)c2ccc(C[C@H](NC(=O)OCC3c4ccccc4-c4ccccc43)C(=O)OCc3ccccc3)cc2)cc1)NC(=O)OC(C)(C)C. The summed E-state index contributed by atoms with van der Waals surface area (Å²) in [6, 6.07) is 36.7. The minimum atomic E-state index is -1.08. The van der Waals surface area contributed by atoms with Crippen molar-refractivity contribution in [2.24, 2.45) is 0 Å². The molecule has 1 aliphatic rings. The number of carbonyl (C=O) groups is 5. The molecular formula is C47H46N2O9. The summed E-state index contributed by atoms with van der Waals surface area (Å²) >= 11 is 0. The van der Waals surface area contributed by atoms with Crippen LogP contribution in [0.1, 0.15) is 70.4 Å². The molecule has 58 heavy (non-hydrogen) atoms. The largest absolute Gasteiger partial charge is 0.467 e. The number of hydrogen-bond acceptors (Lipinski definition) is 9. The fourth-order valence-corrected chi connectivity index (χ4v) is 6.81. The summed E-state index contributed by atoms with van der Waals surface area (Å²) in [5.41, 5.74) is 6.58. The summed E-state index contributed by atoms with van der Waals surface area (Å²) < 4.78 is 21.5. The fourth-order valence-electron chi connectivity index (χ4n) is 6.81. The van der Waals surface area contributed by atoms with Crippen molar-refractivity contribution in [3.05, 3.63) is 166 Å². The number of amides is 2. The lowest BCUT2D eigenvalue weighted by atomic mass is 9.97. The van der Waals surface area contributed by atoms with Crippen LogP contribution in [0, 0.1) is 0 Å². The number of methoxy groups -OCH3 is 1. The number of ketones is 1. The van der Waals surface area contributed by atoms with Gasteiger partial charge in [0.2, 0.25) is 0 Å². The van der Waals surface area contributed by atoms with Gasteiger partial charge in [0, 0.05) is 29.9 Å². The maximum absolute atomic E-state index is 13.5. The van der Waals surface area contributed by atoms with Crippen LogP contribution in [0.4, 0.5) is 9.59 Å². The van der Waals surface area contributed by atoms with Gasteiger partial charge in [-0.2, -0.15) is 0 Å². The Labute approximate surface area is 337 Å². The van der Waals surface area contributed by atoms with Gasteiger partial charge in [0.15, 0.2) is 5.78 Å². The maximum atomic E-state index is 13.5. The Kier molecular flexibility index (Phi) is 13.0. The number of rotatable bonds is 14. The van der Waals surface area contributed by atoms with E-state index in [2.05, 4.69) is 22.8 Å². The molecule has 5 aromatic rings. The Hall–Kier alpha value is -6.75. The molecule has 298 valence electrons. The third kappa shape index (κ3) is 10.5. The average molecular weight is 783 g/mol. The molecule has 0 bridgehead atoms. The lowest BCUT2D eigenvalue weighted by molar-refractivity contribution is -0.147. The molecule has 0 unspecified atom stereocenters. The first-order valence-corrected chi connectivity index (χ1v) is 19.0. The van der Waals surface area contributed by atoms with Crippen LogP contribution in [0.5, 0.6) is 0 Å². The molecule has 2 atom stereocenters. The Morgan fingerprint density at radius 1 is 0.569 bits per heavy atom. The van der Waals surface area contributed by atoms with E-state index >= 15 is 0 Å². The van der Waals surface area contributed by atoms with Gasteiger partial charge in [-0.3, -0.25) is 4.79 Å². The monoisotopic (exact) mass is 782 g/mol. The number of benzene rings is 5. The van der Waals surface area contributed by atoms with Crippen LogP contribution in [0.3, 0.4) is 0 Å². The average Bonchev–Trinajstić information content (AvgIpc) is 3.54. The van der Waals surface area contributed by atoms with Crippen molar-refractivity contribution in [1.82, 2.24) is 10.6 Å². The molecule has 1 aliphatic carbocycles. The summed E-state index contributed by atoms with van der Waals surface area (Å²) in [4.78, 5) is 65.0. The second kappa shape index (κ2) is 18.5. The van der Waals surface area contributed by atoms with Gasteiger partial charge in [-0.25, -0.2) is 19.2 Å². The van der Waals surface area contributed by atoms with Crippen LogP contribution in [-0.4, -0.2) is 61.3 Å². The summed E-state index contributed by atoms with van der Waals surface area (Å²) in [5.74, 6) is -1.66. The maximum Gasteiger partial charge on any atom is 0.408 e. The number of alkyl carbamates (subject to hydrolysis) is 2. The number of fused-ring (bicyclic) bond motifs is 3.